The maximum atomic E-state index is 13.1. The Hall–Kier alpha value is -3.78. The molecule has 0 saturated carbocycles. The van der Waals surface area contributed by atoms with Crippen molar-refractivity contribution in [2.75, 3.05) is 11.9 Å². The number of urea groups is 1. The van der Waals surface area contributed by atoms with Crippen LogP contribution in [0.2, 0.25) is 5.02 Å². The highest BCUT2D eigenvalue weighted by Gasteiger charge is 2.22. The standard InChI is InChI=1S/C26H28ClN3O5/c1-4-35-22(31)13-21(18-11-9-16(2)10-12-18)28-26(34)29-23-24(32)17(3)14-30(25(23)33)15-19-7-5-6-8-20(19)27/h5-12,14,21,32H,4,13,15H2,1-3H3,(H2,28,29,34)/t21-/m0/s1. The normalized spacial score (nSPS) is 11.5. The van der Waals surface area contributed by atoms with Gasteiger partial charge in [-0.15, -0.1) is 0 Å². The fourth-order valence-corrected chi connectivity index (χ4v) is 3.78. The fraction of sp³-hybridized carbons (Fsp3) is 0.269. The van der Waals surface area contributed by atoms with Gasteiger partial charge in [-0.05, 0) is 38.0 Å². The van der Waals surface area contributed by atoms with Crippen LogP contribution in [0.4, 0.5) is 10.5 Å². The summed E-state index contributed by atoms with van der Waals surface area (Å²) in [6.45, 7) is 5.63. The van der Waals surface area contributed by atoms with Crippen molar-refractivity contribution in [3.05, 3.63) is 92.4 Å². The van der Waals surface area contributed by atoms with Gasteiger partial charge in [0.25, 0.3) is 5.56 Å². The topological polar surface area (TPSA) is 110 Å². The zero-order valence-corrected chi connectivity index (χ0v) is 20.6. The zero-order valence-electron chi connectivity index (χ0n) is 19.8. The van der Waals surface area contributed by atoms with Gasteiger partial charge < -0.3 is 25.0 Å². The number of aryl methyl sites for hydroxylation is 2. The molecule has 0 radical (unpaired) electrons. The predicted molar refractivity (Wildman–Crippen MR) is 135 cm³/mol. The molecule has 2 aromatic carbocycles. The number of pyridine rings is 1. The molecule has 35 heavy (non-hydrogen) atoms. The molecule has 0 bridgehead atoms. The highest BCUT2D eigenvalue weighted by molar-refractivity contribution is 6.31. The van der Waals surface area contributed by atoms with Crippen LogP contribution in [-0.2, 0) is 16.1 Å². The monoisotopic (exact) mass is 497 g/mol. The summed E-state index contributed by atoms with van der Waals surface area (Å²) in [6, 6.07) is 13.0. The van der Waals surface area contributed by atoms with E-state index in [-0.39, 0.29) is 31.0 Å². The lowest BCUT2D eigenvalue weighted by atomic mass is 10.0. The van der Waals surface area contributed by atoms with Gasteiger partial charge in [-0.1, -0.05) is 59.6 Å². The highest BCUT2D eigenvalue weighted by Crippen LogP contribution is 2.25. The molecule has 1 heterocycles. The van der Waals surface area contributed by atoms with Gasteiger partial charge in [-0.3, -0.25) is 9.59 Å². The molecule has 3 aromatic rings. The molecule has 1 aromatic heterocycles. The zero-order chi connectivity index (χ0) is 25.5. The summed E-state index contributed by atoms with van der Waals surface area (Å²) in [5, 5.41) is 16.2. The van der Waals surface area contributed by atoms with Gasteiger partial charge in [-0.2, -0.15) is 0 Å². The van der Waals surface area contributed by atoms with Gasteiger partial charge in [0.05, 0.1) is 25.6 Å². The van der Waals surface area contributed by atoms with Crippen molar-refractivity contribution in [1.29, 1.82) is 0 Å². The summed E-state index contributed by atoms with van der Waals surface area (Å²) < 4.78 is 6.40. The molecule has 8 nitrogen and oxygen atoms in total. The van der Waals surface area contributed by atoms with Gasteiger partial charge in [0, 0.05) is 16.8 Å². The summed E-state index contributed by atoms with van der Waals surface area (Å²) in [5.74, 6) is -0.809. The molecule has 3 N–H and O–H groups in total. The van der Waals surface area contributed by atoms with Crippen LogP contribution < -0.4 is 16.2 Å². The molecule has 9 heteroatoms. The molecule has 0 spiro atoms. The molecule has 0 aliphatic rings. The van der Waals surface area contributed by atoms with E-state index in [2.05, 4.69) is 10.6 Å². The van der Waals surface area contributed by atoms with Crippen molar-refractivity contribution in [3.8, 4) is 5.75 Å². The Kier molecular flexibility index (Phi) is 8.54. The first-order chi connectivity index (χ1) is 16.7. The van der Waals surface area contributed by atoms with Crippen LogP contribution in [0, 0.1) is 13.8 Å². The minimum Gasteiger partial charge on any atom is -0.505 e. The molecule has 0 unspecified atom stereocenters. The predicted octanol–water partition coefficient (Wildman–Crippen LogP) is 4.69. The van der Waals surface area contributed by atoms with E-state index < -0.39 is 23.6 Å². The van der Waals surface area contributed by atoms with Crippen molar-refractivity contribution < 1.29 is 19.4 Å². The summed E-state index contributed by atoms with van der Waals surface area (Å²) >= 11 is 6.23. The minimum atomic E-state index is -0.748. The smallest absolute Gasteiger partial charge is 0.319 e. The third-order valence-electron chi connectivity index (χ3n) is 5.43. The Morgan fingerprint density at radius 3 is 2.46 bits per heavy atom. The molecule has 3 rings (SSSR count). The lowest BCUT2D eigenvalue weighted by Gasteiger charge is -2.20. The summed E-state index contributed by atoms with van der Waals surface area (Å²) in [7, 11) is 0. The maximum Gasteiger partial charge on any atom is 0.319 e. The van der Waals surface area contributed by atoms with Crippen LogP contribution in [0.3, 0.4) is 0 Å². The minimum absolute atomic E-state index is 0.0964. The van der Waals surface area contributed by atoms with E-state index in [1.807, 2.05) is 19.1 Å². The Morgan fingerprint density at radius 1 is 1.11 bits per heavy atom. The molecule has 0 aliphatic carbocycles. The number of benzene rings is 2. The van der Waals surface area contributed by atoms with E-state index in [1.165, 1.54) is 10.8 Å². The molecule has 184 valence electrons. The molecular weight excluding hydrogens is 470 g/mol. The first-order valence-corrected chi connectivity index (χ1v) is 11.5. The Morgan fingerprint density at radius 2 is 1.80 bits per heavy atom. The number of carbonyl (C=O) groups is 2. The number of rotatable bonds is 8. The number of hydrogen-bond donors (Lipinski definition) is 3. The van der Waals surface area contributed by atoms with Gasteiger partial charge in [0.2, 0.25) is 0 Å². The van der Waals surface area contributed by atoms with Crippen LogP contribution >= 0.6 is 11.6 Å². The van der Waals surface area contributed by atoms with Crippen LogP contribution in [0.1, 0.15) is 41.6 Å². The average molecular weight is 498 g/mol. The molecular formula is C26H28ClN3O5. The average Bonchev–Trinajstić information content (AvgIpc) is 2.82. The van der Waals surface area contributed by atoms with Crippen LogP contribution in [0.5, 0.6) is 5.75 Å². The summed E-state index contributed by atoms with van der Waals surface area (Å²) in [6.07, 6.45) is 1.40. The largest absolute Gasteiger partial charge is 0.505 e. The number of aromatic nitrogens is 1. The fourth-order valence-electron chi connectivity index (χ4n) is 3.58. The quantitative estimate of drug-likeness (QED) is 0.391. The van der Waals surface area contributed by atoms with Crippen molar-refractivity contribution in [1.82, 2.24) is 9.88 Å². The van der Waals surface area contributed by atoms with E-state index in [9.17, 15) is 19.5 Å². The lowest BCUT2D eigenvalue weighted by Crippen LogP contribution is -2.36. The summed E-state index contributed by atoms with van der Waals surface area (Å²) in [4.78, 5) is 38.1. The van der Waals surface area contributed by atoms with Crippen molar-refractivity contribution in [3.63, 3.8) is 0 Å². The lowest BCUT2D eigenvalue weighted by molar-refractivity contribution is -0.143. The maximum absolute atomic E-state index is 13.1. The first kappa shape index (κ1) is 25.8. The number of carbonyl (C=O) groups excluding carboxylic acids is 2. The second-order valence-corrected chi connectivity index (χ2v) is 8.54. The molecule has 1 atom stereocenters. The number of nitrogens with one attached hydrogen (secondary N) is 2. The molecule has 0 fully saturated rings. The van der Waals surface area contributed by atoms with E-state index in [0.717, 1.165) is 5.56 Å². The summed E-state index contributed by atoms with van der Waals surface area (Å²) in [5.41, 5.74) is 1.97. The Balaban J connectivity index is 1.86. The third-order valence-corrected chi connectivity index (χ3v) is 5.80. The second kappa shape index (κ2) is 11.6. The number of aromatic hydroxyl groups is 1. The van der Waals surface area contributed by atoms with Gasteiger partial charge in [-0.25, -0.2) is 4.79 Å². The van der Waals surface area contributed by atoms with E-state index in [1.54, 1.807) is 50.2 Å². The van der Waals surface area contributed by atoms with Crippen molar-refractivity contribution in [2.24, 2.45) is 0 Å². The second-order valence-electron chi connectivity index (χ2n) is 8.13. The van der Waals surface area contributed by atoms with Crippen LogP contribution in [0.25, 0.3) is 0 Å². The first-order valence-electron chi connectivity index (χ1n) is 11.2. The van der Waals surface area contributed by atoms with Crippen molar-refractivity contribution in [2.45, 2.75) is 39.8 Å². The number of amides is 2. The number of anilines is 1. The van der Waals surface area contributed by atoms with Crippen LogP contribution in [-0.4, -0.2) is 28.3 Å². The number of halogens is 1. The Bertz CT molecular complexity index is 1270. The van der Waals surface area contributed by atoms with Gasteiger partial charge in [0.1, 0.15) is 5.75 Å². The molecule has 0 saturated heterocycles. The SMILES string of the molecule is CCOC(=O)C[C@H](NC(=O)Nc1c(O)c(C)cn(Cc2ccccc2Cl)c1=O)c1ccc(C)cc1. The van der Waals surface area contributed by atoms with Gasteiger partial charge >= 0.3 is 12.0 Å². The Labute approximate surface area is 208 Å². The van der Waals surface area contributed by atoms with E-state index >= 15 is 0 Å². The van der Waals surface area contributed by atoms with E-state index in [0.29, 0.717) is 21.7 Å². The number of nitrogens with zero attached hydrogens (tertiary/aromatic N) is 1. The van der Waals surface area contributed by atoms with Crippen molar-refractivity contribution >= 4 is 29.3 Å². The molecule has 0 aliphatic heterocycles. The highest BCUT2D eigenvalue weighted by atomic mass is 35.5. The molecule has 2 amide bonds. The number of esters is 1. The third kappa shape index (κ3) is 6.64. The van der Waals surface area contributed by atoms with E-state index in [4.69, 9.17) is 16.3 Å². The van der Waals surface area contributed by atoms with Crippen LogP contribution in [0.15, 0.2) is 59.5 Å². The number of hydrogen-bond acceptors (Lipinski definition) is 5. The van der Waals surface area contributed by atoms with Gasteiger partial charge in [0.15, 0.2) is 5.69 Å². The number of ether oxygens (including phenoxy) is 1.